The molecular formula is C12H22N2O6. The fourth-order valence-corrected chi connectivity index (χ4v) is 1.40. The van der Waals surface area contributed by atoms with Crippen LogP contribution in [0.15, 0.2) is 0 Å². The number of hydrogen-bond acceptors (Lipinski definition) is 5. The van der Waals surface area contributed by atoms with Crippen LogP contribution >= 0.6 is 0 Å². The van der Waals surface area contributed by atoms with Gasteiger partial charge in [0.05, 0.1) is 26.2 Å². The molecule has 2 atom stereocenters. The normalized spacial score (nSPS) is 13.4. The number of carboxylic acids is 1. The van der Waals surface area contributed by atoms with Gasteiger partial charge in [-0.05, 0) is 5.92 Å². The van der Waals surface area contributed by atoms with Crippen molar-refractivity contribution in [3.05, 3.63) is 0 Å². The summed E-state index contributed by atoms with van der Waals surface area (Å²) in [6.07, 6.45) is -0.435. The molecule has 3 N–H and O–H groups in total. The Bertz CT molecular complexity index is 345. The van der Waals surface area contributed by atoms with Gasteiger partial charge in [0.2, 0.25) is 0 Å². The number of nitrogens with one attached hydrogen (secondary N) is 2. The molecule has 0 aliphatic heterocycles. The largest absolute Gasteiger partial charge is 0.480 e. The Hall–Kier alpha value is -1.83. The predicted molar refractivity (Wildman–Crippen MR) is 70.2 cm³/mol. The second kappa shape index (κ2) is 9.13. The van der Waals surface area contributed by atoms with Crippen LogP contribution in [-0.4, -0.2) is 56.0 Å². The number of carboxylic acid groups (broad SMARTS) is 1. The van der Waals surface area contributed by atoms with Gasteiger partial charge in [0.25, 0.3) is 0 Å². The molecule has 0 aromatic heterocycles. The summed E-state index contributed by atoms with van der Waals surface area (Å²) in [5.74, 6) is -1.90. The topological polar surface area (TPSA) is 114 Å². The van der Waals surface area contributed by atoms with Gasteiger partial charge in [-0.15, -0.1) is 0 Å². The number of amides is 2. The highest BCUT2D eigenvalue weighted by atomic mass is 16.5. The maximum absolute atomic E-state index is 11.7. The van der Waals surface area contributed by atoms with Crippen molar-refractivity contribution >= 4 is 18.0 Å². The molecular weight excluding hydrogens is 268 g/mol. The van der Waals surface area contributed by atoms with Crippen LogP contribution in [0.3, 0.4) is 0 Å². The Kier molecular flexibility index (Phi) is 8.30. The monoisotopic (exact) mass is 290 g/mol. The number of ether oxygens (including phenoxy) is 2. The van der Waals surface area contributed by atoms with E-state index in [0.717, 1.165) is 7.11 Å². The summed E-state index contributed by atoms with van der Waals surface area (Å²) in [6.45, 7) is 4.10. The summed E-state index contributed by atoms with van der Waals surface area (Å²) in [4.78, 5) is 33.7. The second-order valence-corrected chi connectivity index (χ2v) is 4.59. The number of aliphatic carboxylic acids is 1. The van der Waals surface area contributed by atoms with Gasteiger partial charge in [0.1, 0.15) is 6.04 Å². The van der Waals surface area contributed by atoms with Gasteiger partial charge >= 0.3 is 18.0 Å². The van der Waals surface area contributed by atoms with E-state index in [1.165, 1.54) is 7.11 Å². The lowest BCUT2D eigenvalue weighted by molar-refractivity contribution is -0.147. The van der Waals surface area contributed by atoms with E-state index in [9.17, 15) is 14.4 Å². The molecule has 0 aromatic rings. The standard InChI is InChI=1S/C12H22N2O6/c1-7(2)9(6-19-3)14-12(18)13-8(11(16)17)5-10(15)20-4/h7-9H,5-6H2,1-4H3,(H,16,17)(H2,13,14,18)/t8-,9?/m0/s1. The van der Waals surface area contributed by atoms with Crippen molar-refractivity contribution in [1.29, 1.82) is 0 Å². The molecule has 8 nitrogen and oxygen atoms in total. The predicted octanol–water partition coefficient (Wildman–Crippen LogP) is -0.0271. The molecule has 0 heterocycles. The third-order valence-corrected chi connectivity index (χ3v) is 2.67. The van der Waals surface area contributed by atoms with Gasteiger partial charge in [-0.1, -0.05) is 13.8 Å². The van der Waals surface area contributed by atoms with E-state index < -0.39 is 30.4 Å². The number of carbonyl (C=O) groups is 3. The lowest BCUT2D eigenvalue weighted by atomic mass is 10.1. The van der Waals surface area contributed by atoms with Crippen molar-refractivity contribution in [3.8, 4) is 0 Å². The van der Waals surface area contributed by atoms with Gasteiger partial charge < -0.3 is 25.2 Å². The number of esters is 1. The molecule has 1 unspecified atom stereocenters. The van der Waals surface area contributed by atoms with E-state index in [0.29, 0.717) is 6.61 Å². The average Bonchev–Trinajstić information content (AvgIpc) is 2.36. The van der Waals surface area contributed by atoms with E-state index in [1.54, 1.807) is 0 Å². The Morgan fingerprint density at radius 1 is 1.15 bits per heavy atom. The number of methoxy groups -OCH3 is 2. The van der Waals surface area contributed by atoms with Crippen molar-refractivity contribution in [2.24, 2.45) is 5.92 Å². The van der Waals surface area contributed by atoms with Crippen LogP contribution in [0.5, 0.6) is 0 Å². The second-order valence-electron chi connectivity index (χ2n) is 4.59. The van der Waals surface area contributed by atoms with Crippen molar-refractivity contribution in [2.75, 3.05) is 20.8 Å². The first kappa shape index (κ1) is 18.2. The molecule has 0 aliphatic rings. The Labute approximate surface area is 117 Å². The van der Waals surface area contributed by atoms with Crippen LogP contribution in [0.25, 0.3) is 0 Å². The van der Waals surface area contributed by atoms with Crippen LogP contribution in [0.2, 0.25) is 0 Å². The lowest BCUT2D eigenvalue weighted by Gasteiger charge is -2.23. The van der Waals surface area contributed by atoms with Gasteiger partial charge in [0, 0.05) is 7.11 Å². The molecule has 0 fully saturated rings. The highest BCUT2D eigenvalue weighted by Crippen LogP contribution is 2.02. The zero-order chi connectivity index (χ0) is 15.7. The summed E-state index contributed by atoms with van der Waals surface area (Å²) in [5, 5.41) is 13.8. The molecule has 2 amide bonds. The van der Waals surface area contributed by atoms with Gasteiger partial charge in [-0.2, -0.15) is 0 Å². The van der Waals surface area contributed by atoms with E-state index in [1.807, 2.05) is 13.8 Å². The van der Waals surface area contributed by atoms with E-state index in [-0.39, 0.29) is 12.0 Å². The summed E-state index contributed by atoms with van der Waals surface area (Å²) in [7, 11) is 2.65. The molecule has 0 spiro atoms. The molecule has 116 valence electrons. The van der Waals surface area contributed by atoms with Gasteiger partial charge in [0.15, 0.2) is 0 Å². The minimum Gasteiger partial charge on any atom is -0.480 e. The summed E-state index contributed by atoms with van der Waals surface area (Å²) >= 11 is 0. The molecule has 0 aliphatic carbocycles. The molecule has 0 radical (unpaired) electrons. The Morgan fingerprint density at radius 2 is 1.75 bits per heavy atom. The Morgan fingerprint density at radius 3 is 2.15 bits per heavy atom. The zero-order valence-corrected chi connectivity index (χ0v) is 12.1. The Balaban J connectivity index is 4.52. The summed E-state index contributed by atoms with van der Waals surface area (Å²) in [5.41, 5.74) is 0. The van der Waals surface area contributed by atoms with Gasteiger partial charge in [-0.25, -0.2) is 9.59 Å². The maximum Gasteiger partial charge on any atom is 0.326 e. The number of rotatable bonds is 8. The first-order valence-electron chi connectivity index (χ1n) is 6.17. The van der Waals surface area contributed by atoms with Crippen molar-refractivity contribution < 1.29 is 29.0 Å². The summed E-state index contributed by atoms with van der Waals surface area (Å²) < 4.78 is 9.34. The SMILES string of the molecule is COCC(NC(=O)N[C@@H](CC(=O)OC)C(=O)O)C(C)C. The first-order chi connectivity index (χ1) is 9.31. The smallest absolute Gasteiger partial charge is 0.326 e. The summed E-state index contributed by atoms with van der Waals surface area (Å²) in [6, 6.07) is -2.26. The van der Waals surface area contributed by atoms with E-state index in [4.69, 9.17) is 9.84 Å². The van der Waals surface area contributed by atoms with Crippen LogP contribution in [0.1, 0.15) is 20.3 Å². The highest BCUT2D eigenvalue weighted by Gasteiger charge is 2.25. The molecule has 0 aromatic carbocycles. The molecule has 8 heteroatoms. The van der Waals surface area contributed by atoms with Crippen LogP contribution in [0, 0.1) is 5.92 Å². The third-order valence-electron chi connectivity index (χ3n) is 2.67. The average molecular weight is 290 g/mol. The van der Waals surface area contributed by atoms with E-state index in [2.05, 4.69) is 15.4 Å². The van der Waals surface area contributed by atoms with E-state index >= 15 is 0 Å². The number of carbonyl (C=O) groups excluding carboxylic acids is 2. The molecule has 0 saturated heterocycles. The fourth-order valence-electron chi connectivity index (χ4n) is 1.40. The van der Waals surface area contributed by atoms with Crippen molar-refractivity contribution in [3.63, 3.8) is 0 Å². The molecule has 0 saturated carbocycles. The number of hydrogen-bond donors (Lipinski definition) is 3. The molecule has 0 rings (SSSR count). The van der Waals surface area contributed by atoms with Crippen molar-refractivity contribution in [2.45, 2.75) is 32.4 Å². The molecule has 0 bridgehead atoms. The van der Waals surface area contributed by atoms with Crippen molar-refractivity contribution in [1.82, 2.24) is 10.6 Å². The molecule has 20 heavy (non-hydrogen) atoms. The highest BCUT2D eigenvalue weighted by molar-refractivity contribution is 5.86. The zero-order valence-electron chi connectivity index (χ0n) is 12.1. The minimum absolute atomic E-state index is 0.115. The van der Waals surface area contributed by atoms with Crippen LogP contribution in [-0.2, 0) is 19.1 Å². The third kappa shape index (κ3) is 6.93. The van der Waals surface area contributed by atoms with Crippen LogP contribution < -0.4 is 10.6 Å². The van der Waals surface area contributed by atoms with Gasteiger partial charge in [-0.3, -0.25) is 4.79 Å². The number of urea groups is 1. The quantitative estimate of drug-likeness (QED) is 0.541. The fraction of sp³-hybridized carbons (Fsp3) is 0.750. The van der Waals surface area contributed by atoms with Crippen LogP contribution in [0.4, 0.5) is 4.79 Å². The first-order valence-corrected chi connectivity index (χ1v) is 6.17. The lowest BCUT2D eigenvalue weighted by Crippen LogP contribution is -2.52. The minimum atomic E-state index is -1.34. The maximum atomic E-state index is 11.7.